The van der Waals surface area contributed by atoms with Crippen LogP contribution in [0.15, 0.2) is 22.7 Å². The number of aliphatic hydroxyl groups excluding tert-OH is 1. The molecule has 0 unspecified atom stereocenters. The largest absolute Gasteiger partial charge is 0.490 e. The predicted octanol–water partition coefficient (Wildman–Crippen LogP) is 4.78. The predicted molar refractivity (Wildman–Crippen MR) is 172 cm³/mol. The van der Waals surface area contributed by atoms with Crippen LogP contribution in [0.4, 0.5) is 21.0 Å². The maximum atomic E-state index is 14.3. The molecule has 0 radical (unpaired) electrons. The summed E-state index contributed by atoms with van der Waals surface area (Å²) in [6.07, 6.45) is 1.86. The van der Waals surface area contributed by atoms with Crippen molar-refractivity contribution in [3.8, 4) is 5.75 Å². The molecule has 0 saturated heterocycles. The first-order valence-corrected chi connectivity index (χ1v) is 15.7. The van der Waals surface area contributed by atoms with Gasteiger partial charge in [0, 0.05) is 44.4 Å². The first-order chi connectivity index (χ1) is 21.3. The number of hydrogen-bond donors (Lipinski definition) is 4. The molecule has 0 saturated carbocycles. The fourth-order valence-electron chi connectivity index (χ4n) is 5.11. The van der Waals surface area contributed by atoms with E-state index in [1.807, 2.05) is 27.7 Å². The van der Waals surface area contributed by atoms with Crippen molar-refractivity contribution in [2.24, 2.45) is 5.92 Å². The minimum Gasteiger partial charge on any atom is -0.490 e. The second-order valence-electron chi connectivity index (χ2n) is 12.3. The van der Waals surface area contributed by atoms with Gasteiger partial charge in [-0.3, -0.25) is 4.79 Å². The number of rotatable bonds is 7. The van der Waals surface area contributed by atoms with Gasteiger partial charge in [0.2, 0.25) is 0 Å². The minimum absolute atomic E-state index is 0.00794. The molecule has 0 fully saturated rings. The Morgan fingerprint density at radius 1 is 1.16 bits per heavy atom. The van der Waals surface area contributed by atoms with Gasteiger partial charge in [-0.1, -0.05) is 12.1 Å². The van der Waals surface area contributed by atoms with E-state index in [4.69, 9.17) is 14.0 Å². The molecule has 0 aliphatic carbocycles. The number of fused-ring (bicyclic) bond motifs is 1. The van der Waals surface area contributed by atoms with E-state index >= 15 is 0 Å². The molecule has 0 spiro atoms. The monoisotopic (exact) mass is 630 g/mol. The van der Waals surface area contributed by atoms with Crippen molar-refractivity contribution in [1.82, 2.24) is 20.3 Å². The molecule has 3 rings (SSSR count). The molecule has 1 aromatic carbocycles. The van der Waals surface area contributed by atoms with Crippen molar-refractivity contribution >= 4 is 29.3 Å². The lowest BCUT2D eigenvalue weighted by Gasteiger charge is -2.36. The third-order valence-electron chi connectivity index (χ3n) is 7.79. The highest BCUT2D eigenvalue weighted by atomic mass is 16.5. The van der Waals surface area contributed by atoms with E-state index in [0.717, 1.165) is 19.3 Å². The topological polar surface area (TPSA) is 158 Å². The second kappa shape index (κ2) is 16.5. The smallest absolute Gasteiger partial charge is 0.323 e. The molecule has 4 N–H and O–H groups in total. The van der Waals surface area contributed by atoms with Gasteiger partial charge in [0.1, 0.15) is 17.1 Å². The lowest BCUT2D eigenvalue weighted by atomic mass is 10.0. The standard InChI is InChI=1S/C32H50N6O7/c1-19(2)33-32(42)37(8)17-28-20(3)16-38(21(4)18-39)30(40)26-15-25(34-31(41)35-29-23(6)36-45-24(29)7)12-13-27(26)44-22(5)11-9-10-14-43-28/h12-13,15,19-22,28,39H,9-11,14,16-18H2,1-8H3,(H,33,42)(H2,34,35,41)/t20-,21+,22+,28+/m1/s1. The number of hydrogen-bond acceptors (Lipinski definition) is 8. The van der Waals surface area contributed by atoms with Crippen molar-refractivity contribution < 1.29 is 33.5 Å². The SMILES string of the molecule is Cc1noc(C)c1NC(=O)Nc1ccc2c(c1)C(=O)N([C@@H](C)CO)C[C@@H](C)[C@H](CN(C)C(=O)NC(C)C)OCCCC[C@H](C)O2. The summed E-state index contributed by atoms with van der Waals surface area (Å²) in [6.45, 7) is 13.8. The van der Waals surface area contributed by atoms with Gasteiger partial charge in [-0.2, -0.15) is 0 Å². The number of carbonyl (C=O) groups excluding carboxylic acids is 3. The number of nitrogens with zero attached hydrogens (tertiary/aromatic N) is 3. The number of aromatic nitrogens is 1. The van der Waals surface area contributed by atoms with E-state index in [-0.39, 0.29) is 54.8 Å². The van der Waals surface area contributed by atoms with Crippen molar-refractivity contribution in [3.63, 3.8) is 0 Å². The van der Waals surface area contributed by atoms with Crippen LogP contribution in [0.25, 0.3) is 0 Å². The molecule has 2 aromatic rings. The average molecular weight is 631 g/mol. The molecule has 250 valence electrons. The Labute approximate surface area is 266 Å². The lowest BCUT2D eigenvalue weighted by molar-refractivity contribution is -0.0122. The van der Waals surface area contributed by atoms with E-state index in [1.165, 1.54) is 0 Å². The molecule has 1 aliphatic heterocycles. The van der Waals surface area contributed by atoms with E-state index in [1.54, 1.807) is 55.8 Å². The summed E-state index contributed by atoms with van der Waals surface area (Å²) in [7, 11) is 1.73. The fraction of sp³-hybridized carbons (Fsp3) is 0.625. The number of ether oxygens (including phenoxy) is 2. The average Bonchev–Trinajstić information content (AvgIpc) is 3.30. The first kappa shape index (κ1) is 35.6. The minimum atomic E-state index is -0.528. The van der Waals surface area contributed by atoms with E-state index in [2.05, 4.69) is 21.1 Å². The van der Waals surface area contributed by atoms with Gasteiger partial charge in [0.25, 0.3) is 5.91 Å². The molecular weight excluding hydrogens is 580 g/mol. The number of aryl methyl sites for hydroxylation is 2. The lowest BCUT2D eigenvalue weighted by Crippen LogP contribution is -2.49. The second-order valence-corrected chi connectivity index (χ2v) is 12.3. The summed E-state index contributed by atoms with van der Waals surface area (Å²) < 4.78 is 17.7. The summed E-state index contributed by atoms with van der Waals surface area (Å²) in [5.41, 5.74) is 1.65. The van der Waals surface area contributed by atoms with Crippen LogP contribution in [0.2, 0.25) is 0 Å². The van der Waals surface area contributed by atoms with Crippen molar-refractivity contribution in [1.29, 1.82) is 0 Å². The van der Waals surface area contributed by atoms with Gasteiger partial charge < -0.3 is 44.9 Å². The zero-order valence-corrected chi connectivity index (χ0v) is 27.8. The number of aliphatic hydroxyl groups is 1. The first-order valence-electron chi connectivity index (χ1n) is 15.7. The third kappa shape index (κ3) is 10.1. The molecule has 1 aromatic heterocycles. The van der Waals surface area contributed by atoms with Gasteiger partial charge in [0.05, 0.1) is 30.4 Å². The highest BCUT2D eigenvalue weighted by Gasteiger charge is 2.31. The van der Waals surface area contributed by atoms with E-state index in [0.29, 0.717) is 41.7 Å². The molecular formula is C32H50N6O7. The molecule has 1 aliphatic rings. The zero-order valence-electron chi connectivity index (χ0n) is 27.8. The quantitative estimate of drug-likeness (QED) is 0.340. The number of anilines is 2. The van der Waals surface area contributed by atoms with Crippen molar-refractivity contribution in [2.45, 2.75) is 92.0 Å². The van der Waals surface area contributed by atoms with E-state index < -0.39 is 12.1 Å². The number of likely N-dealkylation sites (N-methyl/N-ethyl adjacent to an activating group) is 1. The number of benzene rings is 1. The Hall–Kier alpha value is -3.84. The Morgan fingerprint density at radius 3 is 2.53 bits per heavy atom. The van der Waals surface area contributed by atoms with Crippen LogP contribution < -0.4 is 20.7 Å². The summed E-state index contributed by atoms with van der Waals surface area (Å²) in [6, 6.07) is 3.69. The number of urea groups is 2. The number of amides is 5. The van der Waals surface area contributed by atoms with Crippen LogP contribution >= 0.6 is 0 Å². The van der Waals surface area contributed by atoms with Gasteiger partial charge >= 0.3 is 12.1 Å². The normalized spacial score (nSPS) is 20.4. The molecule has 13 heteroatoms. The molecule has 2 heterocycles. The highest BCUT2D eigenvalue weighted by Crippen LogP contribution is 2.29. The molecule has 4 atom stereocenters. The zero-order chi connectivity index (χ0) is 33.3. The van der Waals surface area contributed by atoms with Crippen LogP contribution in [0.1, 0.15) is 75.7 Å². The molecule has 0 bridgehead atoms. The Morgan fingerprint density at radius 2 is 1.89 bits per heavy atom. The third-order valence-corrected chi connectivity index (χ3v) is 7.79. The summed E-state index contributed by atoms with van der Waals surface area (Å²) >= 11 is 0. The van der Waals surface area contributed by atoms with Crippen LogP contribution in [-0.4, -0.2) is 95.7 Å². The van der Waals surface area contributed by atoms with Crippen molar-refractivity contribution in [2.75, 3.05) is 44.0 Å². The molecule has 45 heavy (non-hydrogen) atoms. The molecule has 5 amide bonds. The van der Waals surface area contributed by atoms with Crippen LogP contribution in [0, 0.1) is 19.8 Å². The highest BCUT2D eigenvalue weighted by molar-refractivity contribution is 6.03. The number of nitrogens with one attached hydrogen (secondary N) is 3. The summed E-state index contributed by atoms with van der Waals surface area (Å²) in [5, 5.41) is 22.5. The van der Waals surface area contributed by atoms with Crippen LogP contribution in [0.3, 0.4) is 0 Å². The van der Waals surface area contributed by atoms with Gasteiger partial charge in [0.15, 0.2) is 5.76 Å². The Kier molecular flexibility index (Phi) is 13.0. The summed E-state index contributed by atoms with van der Waals surface area (Å²) in [5.74, 6) is 0.316. The Bertz CT molecular complexity index is 1280. The van der Waals surface area contributed by atoms with Crippen LogP contribution in [0.5, 0.6) is 5.75 Å². The van der Waals surface area contributed by atoms with Gasteiger partial charge in [-0.05, 0) is 79.0 Å². The van der Waals surface area contributed by atoms with E-state index in [9.17, 15) is 19.5 Å². The van der Waals surface area contributed by atoms with Crippen molar-refractivity contribution in [3.05, 3.63) is 35.2 Å². The van der Waals surface area contributed by atoms with Gasteiger partial charge in [-0.15, -0.1) is 0 Å². The molecule has 13 nitrogen and oxygen atoms in total. The maximum Gasteiger partial charge on any atom is 0.323 e. The summed E-state index contributed by atoms with van der Waals surface area (Å²) in [4.78, 5) is 43.0. The maximum absolute atomic E-state index is 14.3. The fourth-order valence-corrected chi connectivity index (χ4v) is 5.11. The number of carbonyl (C=O) groups is 3. The van der Waals surface area contributed by atoms with Gasteiger partial charge in [-0.25, -0.2) is 9.59 Å². The van der Waals surface area contributed by atoms with Crippen LogP contribution in [-0.2, 0) is 4.74 Å². The Balaban J connectivity index is 1.93.